The fourth-order valence-electron chi connectivity index (χ4n) is 2.90. The maximum absolute atomic E-state index is 11.8. The van der Waals surface area contributed by atoms with E-state index in [1.54, 1.807) is 0 Å². The Morgan fingerprint density at radius 1 is 1.44 bits per heavy atom. The molecule has 1 amide bonds. The van der Waals surface area contributed by atoms with Crippen LogP contribution in [0.4, 0.5) is 0 Å². The van der Waals surface area contributed by atoms with Crippen LogP contribution in [0.2, 0.25) is 0 Å². The number of likely N-dealkylation sites (tertiary alicyclic amines) is 1. The number of carbonyl (C=O) groups excluding carboxylic acids is 1. The summed E-state index contributed by atoms with van der Waals surface area (Å²) in [6, 6.07) is 0.429. The Morgan fingerprint density at radius 2 is 2.28 bits per heavy atom. The lowest BCUT2D eigenvalue weighted by molar-refractivity contribution is -0.130. The smallest absolute Gasteiger partial charge is 0.249 e. The third-order valence-electron chi connectivity index (χ3n) is 4.11. The highest BCUT2D eigenvalue weighted by atomic mass is 16.5. The molecule has 2 fully saturated rings. The van der Waals surface area contributed by atoms with E-state index in [1.807, 2.05) is 0 Å². The predicted octanol–water partition coefficient (Wildman–Crippen LogP) is 1.40. The topological polar surface area (TPSA) is 41.6 Å². The molecule has 0 aromatic carbocycles. The van der Waals surface area contributed by atoms with Crippen LogP contribution in [0.3, 0.4) is 0 Å². The molecule has 0 aliphatic carbocycles. The van der Waals surface area contributed by atoms with Crippen LogP contribution in [0, 0.1) is 5.92 Å². The molecule has 2 heterocycles. The van der Waals surface area contributed by atoms with E-state index in [-0.39, 0.29) is 12.0 Å². The summed E-state index contributed by atoms with van der Waals surface area (Å²) < 4.78 is 5.38. The van der Waals surface area contributed by atoms with Gasteiger partial charge >= 0.3 is 0 Å². The number of rotatable bonds is 4. The molecular formula is C14H26N2O2. The summed E-state index contributed by atoms with van der Waals surface area (Å²) in [4.78, 5) is 14.3. The third kappa shape index (κ3) is 3.69. The van der Waals surface area contributed by atoms with Crippen molar-refractivity contribution in [3.63, 3.8) is 0 Å². The first-order valence-corrected chi connectivity index (χ1v) is 7.30. The Balaban J connectivity index is 1.70. The van der Waals surface area contributed by atoms with Crippen molar-refractivity contribution in [2.75, 3.05) is 26.2 Å². The molecule has 0 aromatic rings. The number of amides is 1. The molecule has 2 saturated heterocycles. The lowest BCUT2D eigenvalue weighted by Crippen LogP contribution is -2.47. The van der Waals surface area contributed by atoms with Gasteiger partial charge in [-0.2, -0.15) is 0 Å². The van der Waals surface area contributed by atoms with E-state index < -0.39 is 0 Å². The zero-order chi connectivity index (χ0) is 13.0. The third-order valence-corrected chi connectivity index (χ3v) is 4.11. The van der Waals surface area contributed by atoms with E-state index in [1.165, 1.54) is 19.4 Å². The van der Waals surface area contributed by atoms with E-state index in [9.17, 15) is 4.79 Å². The molecule has 0 unspecified atom stereocenters. The number of nitrogens with one attached hydrogen (secondary N) is 1. The van der Waals surface area contributed by atoms with E-state index in [2.05, 4.69) is 24.1 Å². The number of ether oxygens (including phenoxy) is 1. The van der Waals surface area contributed by atoms with Crippen molar-refractivity contribution >= 4 is 5.91 Å². The molecule has 0 bridgehead atoms. The quantitative estimate of drug-likeness (QED) is 0.824. The molecule has 0 aromatic heterocycles. The van der Waals surface area contributed by atoms with Gasteiger partial charge < -0.3 is 10.1 Å². The molecule has 0 saturated carbocycles. The van der Waals surface area contributed by atoms with Gasteiger partial charge in [-0.1, -0.05) is 6.92 Å². The summed E-state index contributed by atoms with van der Waals surface area (Å²) in [5.41, 5.74) is 0. The van der Waals surface area contributed by atoms with Crippen molar-refractivity contribution in [2.45, 2.75) is 51.7 Å². The van der Waals surface area contributed by atoms with Crippen LogP contribution >= 0.6 is 0 Å². The average Bonchev–Trinajstić information content (AvgIpc) is 2.89. The van der Waals surface area contributed by atoms with Crippen LogP contribution < -0.4 is 5.32 Å². The van der Waals surface area contributed by atoms with E-state index in [4.69, 9.17) is 4.74 Å². The van der Waals surface area contributed by atoms with Crippen molar-refractivity contribution in [2.24, 2.45) is 5.92 Å². The van der Waals surface area contributed by atoms with Crippen LogP contribution in [-0.4, -0.2) is 49.2 Å². The van der Waals surface area contributed by atoms with Crippen molar-refractivity contribution in [1.29, 1.82) is 0 Å². The van der Waals surface area contributed by atoms with Gasteiger partial charge in [-0.3, -0.25) is 9.69 Å². The summed E-state index contributed by atoms with van der Waals surface area (Å²) in [6.07, 6.45) is 4.31. The fraction of sp³-hybridized carbons (Fsp3) is 0.929. The predicted molar refractivity (Wildman–Crippen MR) is 71.4 cm³/mol. The SMILES string of the molecule is C[C@@H]1CCCN([C@H](C)CNC(=O)[C@@H]2CCCO2)C1. The molecule has 0 spiro atoms. The summed E-state index contributed by atoms with van der Waals surface area (Å²) in [7, 11) is 0. The second kappa shape index (κ2) is 6.53. The van der Waals surface area contributed by atoms with Gasteiger partial charge in [-0.05, 0) is 45.1 Å². The summed E-state index contributed by atoms with van der Waals surface area (Å²) in [6.45, 7) is 8.32. The molecule has 1 N–H and O–H groups in total. The minimum atomic E-state index is -0.197. The Kier molecular flexibility index (Phi) is 5.01. The lowest BCUT2D eigenvalue weighted by Gasteiger charge is -2.35. The first-order valence-electron chi connectivity index (χ1n) is 7.30. The Morgan fingerprint density at radius 3 is 2.94 bits per heavy atom. The van der Waals surface area contributed by atoms with Gasteiger partial charge in [0.15, 0.2) is 0 Å². The maximum atomic E-state index is 11.8. The van der Waals surface area contributed by atoms with Gasteiger partial charge in [-0.25, -0.2) is 0 Å². The second-order valence-corrected chi connectivity index (χ2v) is 5.84. The van der Waals surface area contributed by atoms with Gasteiger partial charge in [0.05, 0.1) is 0 Å². The zero-order valence-corrected chi connectivity index (χ0v) is 11.7. The van der Waals surface area contributed by atoms with Crippen LogP contribution in [0.25, 0.3) is 0 Å². The minimum absolute atomic E-state index is 0.0735. The number of hydrogen-bond acceptors (Lipinski definition) is 3. The minimum Gasteiger partial charge on any atom is -0.368 e. The number of carbonyl (C=O) groups is 1. The highest BCUT2D eigenvalue weighted by Gasteiger charge is 2.25. The summed E-state index contributed by atoms with van der Waals surface area (Å²) in [5, 5.41) is 3.03. The molecule has 4 nitrogen and oxygen atoms in total. The van der Waals surface area contributed by atoms with Crippen molar-refractivity contribution in [3.05, 3.63) is 0 Å². The van der Waals surface area contributed by atoms with Gasteiger partial charge in [0, 0.05) is 25.7 Å². The Bertz CT molecular complexity index is 277. The fourth-order valence-corrected chi connectivity index (χ4v) is 2.90. The molecule has 0 radical (unpaired) electrons. The van der Waals surface area contributed by atoms with Crippen molar-refractivity contribution < 1.29 is 9.53 Å². The molecule has 4 heteroatoms. The van der Waals surface area contributed by atoms with Gasteiger partial charge in [0.25, 0.3) is 0 Å². The van der Waals surface area contributed by atoms with Crippen LogP contribution in [0.5, 0.6) is 0 Å². The average molecular weight is 254 g/mol. The largest absolute Gasteiger partial charge is 0.368 e. The lowest BCUT2D eigenvalue weighted by atomic mass is 9.99. The van der Waals surface area contributed by atoms with Crippen molar-refractivity contribution in [3.8, 4) is 0 Å². The Labute approximate surface area is 110 Å². The van der Waals surface area contributed by atoms with Crippen LogP contribution in [0.15, 0.2) is 0 Å². The maximum Gasteiger partial charge on any atom is 0.249 e. The molecule has 3 atom stereocenters. The van der Waals surface area contributed by atoms with Crippen molar-refractivity contribution in [1.82, 2.24) is 10.2 Å². The summed E-state index contributed by atoms with van der Waals surface area (Å²) >= 11 is 0. The molecular weight excluding hydrogens is 228 g/mol. The normalized spacial score (nSPS) is 31.2. The zero-order valence-electron chi connectivity index (χ0n) is 11.7. The van der Waals surface area contributed by atoms with E-state index in [0.29, 0.717) is 6.04 Å². The van der Waals surface area contributed by atoms with Gasteiger partial charge in [-0.15, -0.1) is 0 Å². The number of hydrogen-bond donors (Lipinski definition) is 1. The van der Waals surface area contributed by atoms with E-state index >= 15 is 0 Å². The van der Waals surface area contributed by atoms with E-state index in [0.717, 1.165) is 38.5 Å². The Hall–Kier alpha value is -0.610. The number of piperidine rings is 1. The highest BCUT2D eigenvalue weighted by molar-refractivity contribution is 5.80. The second-order valence-electron chi connectivity index (χ2n) is 5.84. The molecule has 2 aliphatic heterocycles. The molecule has 2 aliphatic rings. The van der Waals surface area contributed by atoms with Crippen LogP contribution in [-0.2, 0) is 9.53 Å². The highest BCUT2D eigenvalue weighted by Crippen LogP contribution is 2.17. The molecule has 2 rings (SSSR count). The monoisotopic (exact) mass is 254 g/mol. The molecule has 18 heavy (non-hydrogen) atoms. The first-order chi connectivity index (χ1) is 8.66. The standard InChI is InChI=1S/C14H26N2O2/c1-11-5-3-7-16(10-11)12(2)9-15-14(17)13-6-4-8-18-13/h11-13H,3-10H2,1-2H3,(H,15,17)/t11-,12-,13+/m1/s1. The first kappa shape index (κ1) is 13.8. The van der Waals surface area contributed by atoms with Gasteiger partial charge in [0.1, 0.15) is 6.10 Å². The molecule has 104 valence electrons. The number of nitrogens with zero attached hydrogens (tertiary/aromatic N) is 1. The summed E-state index contributed by atoms with van der Waals surface area (Å²) in [5.74, 6) is 0.861. The van der Waals surface area contributed by atoms with Gasteiger partial charge in [0.2, 0.25) is 5.91 Å². The van der Waals surface area contributed by atoms with Crippen LogP contribution in [0.1, 0.15) is 39.5 Å².